The van der Waals surface area contributed by atoms with E-state index in [0.29, 0.717) is 0 Å². The quantitative estimate of drug-likeness (QED) is 0.342. The molecule has 13 nitrogen and oxygen atoms in total. The lowest BCUT2D eigenvalue weighted by Crippen LogP contribution is -2.58. The minimum Gasteiger partial charge on any atom is -0.456 e. The van der Waals surface area contributed by atoms with E-state index in [4.69, 9.17) is 42.6 Å². The van der Waals surface area contributed by atoms with Crippen LogP contribution in [0, 0.1) is 0 Å². The number of hydrogen-bond donors (Lipinski definition) is 1. The number of esters is 3. The van der Waals surface area contributed by atoms with Crippen molar-refractivity contribution in [3.05, 3.63) is 0 Å². The molecule has 0 aromatic carbocycles. The lowest BCUT2D eigenvalue weighted by molar-refractivity contribution is -0.286. The Morgan fingerprint density at radius 3 is 2.03 bits per heavy atom. The maximum Gasteiger partial charge on any atom is 0.303 e. The van der Waals surface area contributed by atoms with Crippen molar-refractivity contribution < 1.29 is 62.1 Å². The molecule has 0 aromatic heterocycles. The second-order valence-electron chi connectivity index (χ2n) is 9.83. The van der Waals surface area contributed by atoms with Crippen molar-refractivity contribution in [2.24, 2.45) is 0 Å². The second-order valence-corrected chi connectivity index (χ2v) is 9.83. The minimum absolute atomic E-state index is 0.197. The predicted octanol–water partition coefficient (Wildman–Crippen LogP) is 0.187. The van der Waals surface area contributed by atoms with Crippen molar-refractivity contribution >= 4 is 17.9 Å². The number of hydrogen-bond acceptors (Lipinski definition) is 13. The van der Waals surface area contributed by atoms with Gasteiger partial charge in [0, 0.05) is 20.8 Å². The molecule has 3 fully saturated rings. The number of aliphatic hydroxyl groups excluding tert-OH is 1. The zero-order chi connectivity index (χ0) is 26.8. The molecule has 13 heteroatoms. The van der Waals surface area contributed by atoms with Gasteiger partial charge in [-0.25, -0.2) is 0 Å². The Labute approximate surface area is 209 Å². The van der Waals surface area contributed by atoms with Crippen molar-refractivity contribution in [3.63, 3.8) is 0 Å². The van der Waals surface area contributed by atoms with Gasteiger partial charge >= 0.3 is 17.9 Å². The molecular formula is C23H36O13. The van der Waals surface area contributed by atoms with Gasteiger partial charge in [0.15, 0.2) is 36.2 Å². The van der Waals surface area contributed by atoms with E-state index in [1.54, 1.807) is 27.7 Å². The van der Waals surface area contributed by atoms with Crippen LogP contribution < -0.4 is 0 Å². The normalized spacial score (nSPS) is 36.2. The Morgan fingerprint density at radius 1 is 0.861 bits per heavy atom. The molecule has 0 amide bonds. The fourth-order valence-electron chi connectivity index (χ4n) is 4.42. The molecule has 206 valence electrons. The first-order chi connectivity index (χ1) is 16.7. The first kappa shape index (κ1) is 28.7. The molecule has 8 atom stereocenters. The summed E-state index contributed by atoms with van der Waals surface area (Å²) in [5.41, 5.74) is 0. The van der Waals surface area contributed by atoms with Gasteiger partial charge < -0.3 is 47.7 Å². The predicted molar refractivity (Wildman–Crippen MR) is 117 cm³/mol. The molecule has 3 aliphatic heterocycles. The summed E-state index contributed by atoms with van der Waals surface area (Å²) >= 11 is 0. The highest BCUT2D eigenvalue weighted by molar-refractivity contribution is 5.68. The molecule has 0 saturated carbocycles. The standard InChI is InChI=1S/C23H36O13/c1-11(24)31-15-9-29-21(20(33-13(3)26)18(15)32-12(2)25)28-8-14(27)17-19(36-23(6,7)35-17)16-10-30-22(4,5)34-16/h14-21,27H,8-10H2,1-7H3/t14-,15-,16-,17-,18-,19-,20+,21+/m1/s1. The van der Waals surface area contributed by atoms with Crippen molar-refractivity contribution in [3.8, 4) is 0 Å². The zero-order valence-corrected chi connectivity index (χ0v) is 21.6. The van der Waals surface area contributed by atoms with Gasteiger partial charge in [0.05, 0.1) is 19.8 Å². The molecule has 3 rings (SSSR count). The van der Waals surface area contributed by atoms with Gasteiger partial charge in [0.1, 0.15) is 24.4 Å². The van der Waals surface area contributed by atoms with E-state index in [-0.39, 0.29) is 19.8 Å². The third kappa shape index (κ3) is 7.34. The summed E-state index contributed by atoms with van der Waals surface area (Å²) < 4.78 is 50.6. The molecule has 36 heavy (non-hydrogen) atoms. The first-order valence-corrected chi connectivity index (χ1v) is 11.8. The molecule has 0 aliphatic carbocycles. The van der Waals surface area contributed by atoms with Crippen LogP contribution in [-0.2, 0) is 57.0 Å². The number of rotatable bonds is 8. The van der Waals surface area contributed by atoms with Crippen LogP contribution in [0.25, 0.3) is 0 Å². The van der Waals surface area contributed by atoms with Crippen LogP contribution in [0.5, 0.6) is 0 Å². The molecule has 3 heterocycles. The fraction of sp³-hybridized carbons (Fsp3) is 0.870. The summed E-state index contributed by atoms with van der Waals surface area (Å²) in [6, 6.07) is 0. The Kier molecular flexibility index (Phi) is 8.97. The molecule has 0 aromatic rings. The lowest BCUT2D eigenvalue weighted by Gasteiger charge is -2.40. The lowest BCUT2D eigenvalue weighted by atomic mass is 10.0. The Morgan fingerprint density at radius 2 is 1.47 bits per heavy atom. The van der Waals surface area contributed by atoms with Gasteiger partial charge in [-0.15, -0.1) is 0 Å². The monoisotopic (exact) mass is 520 g/mol. The average molecular weight is 521 g/mol. The molecule has 3 aliphatic rings. The van der Waals surface area contributed by atoms with Crippen LogP contribution in [-0.4, -0.2) is 103 Å². The van der Waals surface area contributed by atoms with Crippen LogP contribution in [0.2, 0.25) is 0 Å². The van der Waals surface area contributed by atoms with Gasteiger partial charge in [-0.1, -0.05) is 0 Å². The van der Waals surface area contributed by atoms with Gasteiger partial charge in [0.25, 0.3) is 0 Å². The third-order valence-corrected chi connectivity index (χ3v) is 5.68. The zero-order valence-electron chi connectivity index (χ0n) is 21.6. The summed E-state index contributed by atoms with van der Waals surface area (Å²) in [4.78, 5) is 35.0. The van der Waals surface area contributed by atoms with Crippen molar-refractivity contribution in [1.82, 2.24) is 0 Å². The molecule has 0 bridgehead atoms. The van der Waals surface area contributed by atoms with Crippen molar-refractivity contribution in [2.45, 2.75) is 109 Å². The molecule has 0 unspecified atom stereocenters. The minimum atomic E-state index is -1.27. The summed E-state index contributed by atoms with van der Waals surface area (Å²) in [6.45, 7) is 10.2. The van der Waals surface area contributed by atoms with E-state index in [9.17, 15) is 19.5 Å². The highest BCUT2D eigenvalue weighted by Crippen LogP contribution is 2.37. The van der Waals surface area contributed by atoms with Gasteiger partial charge in [0.2, 0.25) is 0 Å². The fourth-order valence-corrected chi connectivity index (χ4v) is 4.42. The topological polar surface area (TPSA) is 155 Å². The van der Waals surface area contributed by atoms with Gasteiger partial charge in [-0.3, -0.25) is 14.4 Å². The number of aliphatic hydroxyl groups is 1. The van der Waals surface area contributed by atoms with Crippen LogP contribution >= 0.6 is 0 Å². The highest BCUT2D eigenvalue weighted by Gasteiger charge is 2.53. The largest absolute Gasteiger partial charge is 0.456 e. The Hall–Kier alpha value is -1.87. The summed E-state index contributed by atoms with van der Waals surface area (Å²) in [5, 5.41) is 11.0. The number of carbonyl (C=O) groups is 3. The van der Waals surface area contributed by atoms with Crippen LogP contribution in [0.1, 0.15) is 48.5 Å². The molecule has 0 spiro atoms. The maximum atomic E-state index is 11.8. The SMILES string of the molecule is CC(=O)O[C@@H]1[C@@H](OC[C@@H](O)[C@H]2OC(C)(C)O[C@@H]2[C@H]2COC(C)(C)O2)OC[C@@H](OC(C)=O)[C@H]1OC(C)=O. The van der Waals surface area contributed by atoms with E-state index in [1.165, 1.54) is 13.8 Å². The molecule has 1 N–H and O–H groups in total. The van der Waals surface area contributed by atoms with E-state index in [0.717, 1.165) is 6.92 Å². The first-order valence-electron chi connectivity index (χ1n) is 11.8. The summed E-state index contributed by atoms with van der Waals surface area (Å²) in [7, 11) is 0. The van der Waals surface area contributed by atoms with E-state index < -0.39 is 78.5 Å². The number of ether oxygens (including phenoxy) is 9. The third-order valence-electron chi connectivity index (χ3n) is 5.68. The number of carbonyl (C=O) groups excluding carboxylic acids is 3. The van der Waals surface area contributed by atoms with Crippen molar-refractivity contribution in [1.29, 1.82) is 0 Å². The van der Waals surface area contributed by atoms with E-state index in [2.05, 4.69) is 0 Å². The van der Waals surface area contributed by atoms with Crippen LogP contribution in [0.3, 0.4) is 0 Å². The second kappa shape index (κ2) is 11.3. The van der Waals surface area contributed by atoms with Crippen LogP contribution in [0.4, 0.5) is 0 Å². The van der Waals surface area contributed by atoms with Gasteiger partial charge in [-0.05, 0) is 27.7 Å². The van der Waals surface area contributed by atoms with Crippen molar-refractivity contribution in [2.75, 3.05) is 19.8 Å². The molecular weight excluding hydrogens is 484 g/mol. The molecule has 3 saturated heterocycles. The smallest absolute Gasteiger partial charge is 0.303 e. The maximum absolute atomic E-state index is 11.8. The summed E-state index contributed by atoms with van der Waals surface area (Å²) in [6.07, 6.45) is -7.90. The van der Waals surface area contributed by atoms with Gasteiger partial charge in [-0.2, -0.15) is 0 Å². The van der Waals surface area contributed by atoms with E-state index in [1.807, 2.05) is 0 Å². The van der Waals surface area contributed by atoms with Crippen LogP contribution in [0.15, 0.2) is 0 Å². The average Bonchev–Trinajstić information content (AvgIpc) is 3.26. The summed E-state index contributed by atoms with van der Waals surface area (Å²) in [5.74, 6) is -3.81. The van der Waals surface area contributed by atoms with E-state index >= 15 is 0 Å². The Bertz CT molecular complexity index is 812. The highest BCUT2D eigenvalue weighted by atomic mass is 16.8. The Balaban J connectivity index is 1.71. The molecule has 0 radical (unpaired) electrons.